The van der Waals surface area contributed by atoms with Crippen molar-refractivity contribution in [1.82, 2.24) is 10.2 Å². The number of hydrogen-bond acceptors (Lipinski definition) is 6. The van der Waals surface area contributed by atoms with Crippen LogP contribution in [0.15, 0.2) is 52.9 Å². The fourth-order valence-corrected chi connectivity index (χ4v) is 2.65. The Morgan fingerprint density at radius 2 is 1.76 bits per heavy atom. The third-order valence-electron chi connectivity index (χ3n) is 4.02. The Hall–Kier alpha value is -3.68. The summed E-state index contributed by atoms with van der Waals surface area (Å²) in [4.78, 5) is 24.7. The molecule has 0 aliphatic heterocycles. The van der Waals surface area contributed by atoms with Crippen molar-refractivity contribution in [2.24, 2.45) is 5.92 Å². The molecule has 0 aliphatic carbocycles. The molecular formula is C21H22N4O4. The molecule has 1 aromatic heterocycles. The molecule has 0 saturated heterocycles. The second kappa shape index (κ2) is 9.01. The van der Waals surface area contributed by atoms with E-state index in [2.05, 4.69) is 20.8 Å². The number of anilines is 2. The van der Waals surface area contributed by atoms with Crippen molar-refractivity contribution >= 4 is 23.5 Å². The van der Waals surface area contributed by atoms with Gasteiger partial charge in [0.25, 0.3) is 5.91 Å². The molecule has 0 radical (unpaired) electrons. The Morgan fingerprint density at radius 1 is 1.03 bits per heavy atom. The van der Waals surface area contributed by atoms with E-state index in [0.717, 1.165) is 0 Å². The molecule has 0 bridgehead atoms. The molecule has 8 nitrogen and oxygen atoms in total. The molecule has 0 spiro atoms. The first-order valence-electron chi connectivity index (χ1n) is 9.14. The Kier molecular flexibility index (Phi) is 6.23. The Labute approximate surface area is 168 Å². The number of aromatic nitrogens is 2. The fraction of sp³-hybridized carbons (Fsp3) is 0.238. The number of nitrogens with one attached hydrogen (secondary N) is 2. The third kappa shape index (κ3) is 5.19. The molecule has 2 N–H and O–H groups in total. The maximum atomic E-state index is 12.7. The van der Waals surface area contributed by atoms with Crippen LogP contribution < -0.4 is 15.4 Å². The first-order valence-corrected chi connectivity index (χ1v) is 9.14. The highest BCUT2D eigenvalue weighted by atomic mass is 16.5. The molecule has 3 rings (SSSR count). The number of benzene rings is 2. The zero-order valence-corrected chi connectivity index (χ0v) is 16.4. The molecule has 29 heavy (non-hydrogen) atoms. The van der Waals surface area contributed by atoms with Gasteiger partial charge in [0.05, 0.1) is 18.4 Å². The van der Waals surface area contributed by atoms with Crippen molar-refractivity contribution in [1.29, 1.82) is 0 Å². The molecule has 2 amide bonds. The molecule has 0 aliphatic rings. The average molecular weight is 394 g/mol. The second-order valence-corrected chi connectivity index (χ2v) is 6.79. The number of methoxy groups -OCH3 is 1. The van der Waals surface area contributed by atoms with E-state index in [0.29, 0.717) is 29.0 Å². The normalized spacial score (nSPS) is 10.6. The first kappa shape index (κ1) is 20.1. The van der Waals surface area contributed by atoms with Crippen molar-refractivity contribution in [3.05, 3.63) is 54.1 Å². The largest absolute Gasteiger partial charge is 0.497 e. The number of rotatable bonds is 7. The smallest absolute Gasteiger partial charge is 0.322 e. The van der Waals surface area contributed by atoms with E-state index >= 15 is 0 Å². The number of carbonyl (C=O) groups is 2. The van der Waals surface area contributed by atoms with Gasteiger partial charge in [0.1, 0.15) is 5.75 Å². The highest BCUT2D eigenvalue weighted by Gasteiger charge is 2.17. The van der Waals surface area contributed by atoms with Crippen LogP contribution in [0.4, 0.5) is 11.7 Å². The standard InChI is InChI=1S/C21H22N4O4/c1-13(2)12-18(26)22-17-7-5-4-6-16(17)19(27)23-21-25-24-20(29-21)14-8-10-15(28-3)11-9-14/h4-11,13H,12H2,1-3H3,(H,22,26)(H,23,25,27). The molecule has 0 atom stereocenters. The quantitative estimate of drug-likeness (QED) is 0.628. The summed E-state index contributed by atoms with van der Waals surface area (Å²) in [6, 6.07) is 13.8. The van der Waals surface area contributed by atoms with Gasteiger partial charge in [-0.3, -0.25) is 14.9 Å². The monoisotopic (exact) mass is 394 g/mol. The molecule has 150 valence electrons. The van der Waals surface area contributed by atoms with Crippen LogP contribution >= 0.6 is 0 Å². The number of ether oxygens (including phenoxy) is 1. The number of para-hydroxylation sites is 1. The highest BCUT2D eigenvalue weighted by molar-refractivity contribution is 6.09. The summed E-state index contributed by atoms with van der Waals surface area (Å²) in [5.41, 5.74) is 1.42. The molecule has 2 aromatic carbocycles. The van der Waals surface area contributed by atoms with Crippen LogP contribution in [0.25, 0.3) is 11.5 Å². The number of nitrogens with zero attached hydrogens (tertiary/aromatic N) is 2. The van der Waals surface area contributed by atoms with Crippen LogP contribution in [0.1, 0.15) is 30.6 Å². The fourth-order valence-electron chi connectivity index (χ4n) is 2.65. The van der Waals surface area contributed by atoms with Gasteiger partial charge < -0.3 is 14.5 Å². The summed E-state index contributed by atoms with van der Waals surface area (Å²) >= 11 is 0. The van der Waals surface area contributed by atoms with Gasteiger partial charge in [-0.15, -0.1) is 5.10 Å². The van der Waals surface area contributed by atoms with Gasteiger partial charge >= 0.3 is 6.01 Å². The summed E-state index contributed by atoms with van der Waals surface area (Å²) in [5, 5.41) is 13.2. The molecule has 0 fully saturated rings. The van der Waals surface area contributed by atoms with Gasteiger partial charge in [-0.2, -0.15) is 0 Å². The molecule has 0 unspecified atom stereocenters. The Balaban J connectivity index is 1.72. The van der Waals surface area contributed by atoms with Crippen LogP contribution in [-0.2, 0) is 4.79 Å². The highest BCUT2D eigenvalue weighted by Crippen LogP contribution is 2.23. The van der Waals surface area contributed by atoms with Gasteiger partial charge in [-0.05, 0) is 42.3 Å². The van der Waals surface area contributed by atoms with E-state index in [1.54, 1.807) is 55.6 Å². The predicted octanol–water partition coefficient (Wildman–Crippen LogP) is 3.98. The molecular weight excluding hydrogens is 372 g/mol. The minimum Gasteiger partial charge on any atom is -0.497 e. The van der Waals surface area contributed by atoms with Crippen LogP contribution in [-0.4, -0.2) is 29.1 Å². The van der Waals surface area contributed by atoms with Crippen molar-refractivity contribution in [2.75, 3.05) is 17.7 Å². The lowest BCUT2D eigenvalue weighted by Gasteiger charge is -2.11. The van der Waals surface area contributed by atoms with E-state index in [4.69, 9.17) is 9.15 Å². The van der Waals surface area contributed by atoms with E-state index in [9.17, 15) is 9.59 Å². The topological polar surface area (TPSA) is 106 Å². The van der Waals surface area contributed by atoms with Gasteiger partial charge in [0, 0.05) is 12.0 Å². The summed E-state index contributed by atoms with van der Waals surface area (Å²) in [6.45, 7) is 3.91. The average Bonchev–Trinajstić information content (AvgIpc) is 3.16. The molecule has 0 saturated carbocycles. The Morgan fingerprint density at radius 3 is 2.45 bits per heavy atom. The summed E-state index contributed by atoms with van der Waals surface area (Å²) in [6.07, 6.45) is 0.366. The Bertz CT molecular complexity index is 996. The van der Waals surface area contributed by atoms with Crippen molar-refractivity contribution < 1.29 is 18.7 Å². The van der Waals surface area contributed by atoms with Gasteiger partial charge in [-0.1, -0.05) is 31.1 Å². The lowest BCUT2D eigenvalue weighted by molar-refractivity contribution is -0.116. The second-order valence-electron chi connectivity index (χ2n) is 6.79. The third-order valence-corrected chi connectivity index (χ3v) is 4.02. The van der Waals surface area contributed by atoms with E-state index < -0.39 is 5.91 Å². The van der Waals surface area contributed by atoms with Crippen LogP contribution in [0, 0.1) is 5.92 Å². The lowest BCUT2D eigenvalue weighted by atomic mass is 10.1. The number of amides is 2. The van der Waals surface area contributed by atoms with Gasteiger partial charge in [0.15, 0.2) is 0 Å². The molecule has 1 heterocycles. The van der Waals surface area contributed by atoms with Gasteiger partial charge in [0.2, 0.25) is 11.8 Å². The van der Waals surface area contributed by atoms with E-state index in [-0.39, 0.29) is 23.7 Å². The van der Waals surface area contributed by atoms with Gasteiger partial charge in [-0.25, -0.2) is 0 Å². The molecule has 8 heteroatoms. The lowest BCUT2D eigenvalue weighted by Crippen LogP contribution is -2.19. The van der Waals surface area contributed by atoms with Crippen LogP contribution in [0.5, 0.6) is 5.75 Å². The maximum absolute atomic E-state index is 12.7. The zero-order chi connectivity index (χ0) is 20.8. The maximum Gasteiger partial charge on any atom is 0.322 e. The van der Waals surface area contributed by atoms with E-state index in [1.807, 2.05) is 13.8 Å². The zero-order valence-electron chi connectivity index (χ0n) is 16.4. The SMILES string of the molecule is COc1ccc(-c2nnc(NC(=O)c3ccccc3NC(=O)CC(C)C)o2)cc1. The predicted molar refractivity (Wildman–Crippen MR) is 109 cm³/mol. The number of carbonyl (C=O) groups excluding carboxylic acids is 2. The summed E-state index contributed by atoms with van der Waals surface area (Å²) < 4.78 is 10.6. The van der Waals surface area contributed by atoms with Crippen LogP contribution in [0.3, 0.4) is 0 Å². The van der Waals surface area contributed by atoms with Crippen LogP contribution in [0.2, 0.25) is 0 Å². The van der Waals surface area contributed by atoms with Crippen molar-refractivity contribution in [3.8, 4) is 17.2 Å². The minimum atomic E-state index is -0.463. The number of hydrogen-bond donors (Lipinski definition) is 2. The molecule has 3 aromatic rings. The van der Waals surface area contributed by atoms with Crippen molar-refractivity contribution in [3.63, 3.8) is 0 Å². The summed E-state index contributed by atoms with van der Waals surface area (Å²) in [7, 11) is 1.58. The van der Waals surface area contributed by atoms with Crippen molar-refractivity contribution in [2.45, 2.75) is 20.3 Å². The van der Waals surface area contributed by atoms with E-state index in [1.165, 1.54) is 0 Å². The minimum absolute atomic E-state index is 0.0378. The summed E-state index contributed by atoms with van der Waals surface area (Å²) in [5.74, 6) is 0.570. The first-order chi connectivity index (χ1) is 14.0.